The second-order valence-electron chi connectivity index (χ2n) is 8.03. The van der Waals surface area contributed by atoms with E-state index in [1.54, 1.807) is 4.68 Å². The molecule has 148 valence electrons. The lowest BCUT2D eigenvalue weighted by atomic mass is 10.1. The summed E-state index contributed by atoms with van der Waals surface area (Å²) in [6.07, 6.45) is 3.38. The van der Waals surface area contributed by atoms with E-state index in [-0.39, 0.29) is 5.91 Å². The zero-order chi connectivity index (χ0) is 19.8. The summed E-state index contributed by atoms with van der Waals surface area (Å²) >= 11 is 0. The topological polar surface area (TPSA) is 63.1 Å². The van der Waals surface area contributed by atoms with Crippen LogP contribution >= 0.6 is 0 Å². The van der Waals surface area contributed by atoms with Gasteiger partial charge in [0.05, 0.1) is 11.4 Å². The molecule has 6 heteroatoms. The number of fused-ring (bicyclic) bond motifs is 2. The Labute approximate surface area is 170 Å². The van der Waals surface area contributed by atoms with Gasteiger partial charge in [0, 0.05) is 25.2 Å². The minimum atomic E-state index is -0.0102. The maximum absolute atomic E-state index is 13.1. The largest absolute Gasteiger partial charge is 0.336 e. The quantitative estimate of drug-likeness (QED) is 0.750. The molecule has 0 radical (unpaired) electrons. The molecule has 1 N–H and O–H groups in total. The number of rotatable bonds is 3. The second-order valence-corrected chi connectivity index (χ2v) is 8.03. The van der Waals surface area contributed by atoms with Crippen LogP contribution in [0, 0.1) is 6.92 Å². The molecule has 2 bridgehead atoms. The van der Waals surface area contributed by atoms with Gasteiger partial charge in [-0.1, -0.05) is 47.7 Å². The van der Waals surface area contributed by atoms with Crippen molar-refractivity contribution >= 4 is 5.91 Å². The molecule has 2 unspecified atom stereocenters. The molecule has 2 aliphatic heterocycles. The second kappa shape index (κ2) is 7.44. The third kappa shape index (κ3) is 3.44. The molecule has 2 fully saturated rings. The van der Waals surface area contributed by atoms with Gasteiger partial charge in [-0.2, -0.15) is 0 Å². The highest BCUT2D eigenvalue weighted by molar-refractivity contribution is 5.93. The van der Waals surface area contributed by atoms with Gasteiger partial charge < -0.3 is 10.2 Å². The van der Waals surface area contributed by atoms with Crippen LogP contribution in [0.25, 0.3) is 16.8 Å². The average Bonchev–Trinajstić information content (AvgIpc) is 3.30. The molecular weight excluding hydrogens is 362 g/mol. The number of nitrogens with zero attached hydrogens (tertiary/aromatic N) is 4. The molecule has 3 aromatic rings. The van der Waals surface area contributed by atoms with E-state index in [9.17, 15) is 4.79 Å². The Hall–Kier alpha value is -2.99. The van der Waals surface area contributed by atoms with E-state index in [1.807, 2.05) is 42.2 Å². The van der Waals surface area contributed by atoms with Crippen molar-refractivity contribution in [1.82, 2.24) is 25.2 Å². The predicted molar refractivity (Wildman–Crippen MR) is 112 cm³/mol. The van der Waals surface area contributed by atoms with E-state index in [0.29, 0.717) is 17.8 Å². The summed E-state index contributed by atoms with van der Waals surface area (Å²) in [5, 5.41) is 12.1. The van der Waals surface area contributed by atoms with Crippen molar-refractivity contribution in [3.63, 3.8) is 0 Å². The molecule has 3 heterocycles. The number of hydrogen-bond donors (Lipinski definition) is 1. The molecule has 0 spiro atoms. The fourth-order valence-corrected chi connectivity index (χ4v) is 4.47. The number of amides is 1. The summed E-state index contributed by atoms with van der Waals surface area (Å²) in [7, 11) is 0. The van der Waals surface area contributed by atoms with E-state index >= 15 is 0 Å². The molecule has 2 aliphatic rings. The zero-order valence-corrected chi connectivity index (χ0v) is 16.6. The van der Waals surface area contributed by atoms with Gasteiger partial charge in [0.15, 0.2) is 5.69 Å². The Morgan fingerprint density at radius 2 is 1.69 bits per heavy atom. The molecule has 0 aliphatic carbocycles. The normalized spacial score (nSPS) is 21.2. The lowest BCUT2D eigenvalue weighted by Crippen LogP contribution is -2.39. The van der Waals surface area contributed by atoms with Crippen LogP contribution in [0.15, 0.2) is 54.6 Å². The number of likely N-dealkylation sites (tertiary alicyclic amines) is 1. The van der Waals surface area contributed by atoms with Gasteiger partial charge in [-0.3, -0.25) is 4.79 Å². The van der Waals surface area contributed by atoms with Gasteiger partial charge >= 0.3 is 0 Å². The third-order valence-electron chi connectivity index (χ3n) is 6.13. The monoisotopic (exact) mass is 387 g/mol. The Morgan fingerprint density at radius 3 is 2.48 bits per heavy atom. The van der Waals surface area contributed by atoms with Crippen LogP contribution in [0.4, 0.5) is 0 Å². The number of hydrogen-bond acceptors (Lipinski definition) is 4. The fraction of sp³-hybridized carbons (Fsp3) is 0.348. The Kier molecular flexibility index (Phi) is 4.64. The van der Waals surface area contributed by atoms with Crippen molar-refractivity contribution in [2.24, 2.45) is 0 Å². The summed E-state index contributed by atoms with van der Waals surface area (Å²) in [5.74, 6) is -0.0102. The van der Waals surface area contributed by atoms with Crippen molar-refractivity contribution in [3.8, 4) is 16.8 Å². The van der Waals surface area contributed by atoms with Crippen LogP contribution in [-0.2, 0) is 0 Å². The summed E-state index contributed by atoms with van der Waals surface area (Å²) in [4.78, 5) is 15.1. The molecule has 6 nitrogen and oxygen atoms in total. The van der Waals surface area contributed by atoms with Gasteiger partial charge in [-0.05, 0) is 49.4 Å². The van der Waals surface area contributed by atoms with Crippen LogP contribution in [0.1, 0.15) is 35.4 Å². The number of nitrogens with one attached hydrogen (secondary N) is 1. The zero-order valence-electron chi connectivity index (χ0n) is 16.6. The molecule has 2 atom stereocenters. The maximum Gasteiger partial charge on any atom is 0.276 e. The standard InChI is InChI=1S/C23H25N5O/c1-16-22(23(29)27-14-13-19-9-10-20(15-27)24-19)25-26-28(16)21-11-7-18(8-12-21)17-5-3-2-4-6-17/h2-8,11-12,19-20,24H,9-10,13-15H2,1H3. The average molecular weight is 387 g/mol. The maximum atomic E-state index is 13.1. The first-order chi connectivity index (χ1) is 14.2. The van der Waals surface area contributed by atoms with E-state index in [4.69, 9.17) is 0 Å². The van der Waals surface area contributed by atoms with Crippen molar-refractivity contribution < 1.29 is 4.79 Å². The molecule has 1 aromatic heterocycles. The predicted octanol–water partition coefficient (Wildman–Crippen LogP) is 3.21. The lowest BCUT2D eigenvalue weighted by molar-refractivity contribution is 0.0741. The first kappa shape index (κ1) is 18.1. The van der Waals surface area contributed by atoms with Gasteiger partial charge in [-0.25, -0.2) is 4.68 Å². The number of aromatic nitrogens is 3. The summed E-state index contributed by atoms with van der Waals surface area (Å²) in [5.41, 5.74) is 4.47. The van der Waals surface area contributed by atoms with E-state index in [2.05, 4.69) is 39.9 Å². The van der Waals surface area contributed by atoms with Crippen LogP contribution in [-0.4, -0.2) is 51.0 Å². The molecule has 2 saturated heterocycles. The molecule has 1 amide bonds. The van der Waals surface area contributed by atoms with E-state index < -0.39 is 0 Å². The van der Waals surface area contributed by atoms with Crippen molar-refractivity contribution in [3.05, 3.63) is 66.0 Å². The van der Waals surface area contributed by atoms with E-state index in [1.165, 1.54) is 12.0 Å². The van der Waals surface area contributed by atoms with Gasteiger partial charge in [-0.15, -0.1) is 5.10 Å². The van der Waals surface area contributed by atoms with E-state index in [0.717, 1.165) is 42.9 Å². The Balaban J connectivity index is 1.37. The highest BCUT2D eigenvalue weighted by atomic mass is 16.2. The van der Waals surface area contributed by atoms with Crippen LogP contribution in [0.3, 0.4) is 0 Å². The van der Waals surface area contributed by atoms with Crippen molar-refractivity contribution in [2.75, 3.05) is 13.1 Å². The van der Waals surface area contributed by atoms with Gasteiger partial charge in [0.1, 0.15) is 0 Å². The Bertz CT molecular complexity index is 1010. The summed E-state index contributed by atoms with van der Waals surface area (Å²) < 4.78 is 1.75. The number of carbonyl (C=O) groups is 1. The molecule has 29 heavy (non-hydrogen) atoms. The minimum Gasteiger partial charge on any atom is -0.336 e. The minimum absolute atomic E-state index is 0.0102. The SMILES string of the molecule is Cc1c(C(=O)N2CCC3CCC(C2)N3)nnn1-c1ccc(-c2ccccc2)cc1. The number of benzene rings is 2. The highest BCUT2D eigenvalue weighted by Crippen LogP contribution is 2.24. The lowest BCUT2D eigenvalue weighted by Gasteiger charge is -2.23. The Morgan fingerprint density at radius 1 is 0.966 bits per heavy atom. The van der Waals surface area contributed by atoms with Crippen molar-refractivity contribution in [1.29, 1.82) is 0 Å². The summed E-state index contributed by atoms with van der Waals surface area (Å²) in [6.45, 7) is 3.46. The first-order valence-corrected chi connectivity index (χ1v) is 10.3. The smallest absolute Gasteiger partial charge is 0.276 e. The number of carbonyl (C=O) groups excluding carboxylic acids is 1. The van der Waals surface area contributed by atoms with Crippen molar-refractivity contribution in [2.45, 2.75) is 38.3 Å². The van der Waals surface area contributed by atoms with Crippen LogP contribution in [0.5, 0.6) is 0 Å². The molecular formula is C23H25N5O. The first-order valence-electron chi connectivity index (χ1n) is 10.3. The highest BCUT2D eigenvalue weighted by Gasteiger charge is 2.33. The fourth-order valence-electron chi connectivity index (χ4n) is 4.47. The van der Waals surface area contributed by atoms with Crippen LogP contribution < -0.4 is 5.32 Å². The molecule has 5 rings (SSSR count). The van der Waals surface area contributed by atoms with Gasteiger partial charge in [0.25, 0.3) is 5.91 Å². The van der Waals surface area contributed by atoms with Gasteiger partial charge in [0.2, 0.25) is 0 Å². The van der Waals surface area contributed by atoms with Crippen LogP contribution in [0.2, 0.25) is 0 Å². The third-order valence-corrected chi connectivity index (χ3v) is 6.13. The molecule has 2 aromatic carbocycles. The summed E-state index contributed by atoms with van der Waals surface area (Å²) in [6, 6.07) is 19.4. The molecule has 0 saturated carbocycles.